The van der Waals surface area contributed by atoms with Gasteiger partial charge in [0.05, 0.1) is 12.4 Å². The molecule has 2 aromatic rings. The van der Waals surface area contributed by atoms with Crippen molar-refractivity contribution in [3.05, 3.63) is 47.4 Å². The Morgan fingerprint density at radius 1 is 1.05 bits per heavy atom. The Morgan fingerprint density at radius 2 is 1.77 bits per heavy atom. The van der Waals surface area contributed by atoms with Gasteiger partial charge in [-0.25, -0.2) is 9.97 Å². The first-order valence-electron chi connectivity index (χ1n) is 7.36. The summed E-state index contributed by atoms with van der Waals surface area (Å²) in [6, 6.07) is 6.94. The molecule has 0 unspecified atom stereocenters. The van der Waals surface area contributed by atoms with Crippen LogP contribution in [-0.2, 0) is 0 Å². The van der Waals surface area contributed by atoms with E-state index in [-0.39, 0.29) is 5.91 Å². The standard InChI is InChI=1S/C16H17ClN4O/c17-12-4-6-13(7-5-12)20-16(22)14-10-19-15(11-18-14)21-8-2-1-3-9-21/h4-7,10-11H,1-3,8-9H2,(H,20,22). The van der Waals surface area contributed by atoms with Gasteiger partial charge >= 0.3 is 0 Å². The van der Waals surface area contributed by atoms with E-state index in [0.717, 1.165) is 18.9 Å². The highest BCUT2D eigenvalue weighted by Gasteiger charge is 2.14. The summed E-state index contributed by atoms with van der Waals surface area (Å²) < 4.78 is 0. The van der Waals surface area contributed by atoms with Gasteiger partial charge in [0.25, 0.3) is 5.91 Å². The van der Waals surface area contributed by atoms with Crippen molar-refractivity contribution in [2.75, 3.05) is 23.3 Å². The quantitative estimate of drug-likeness (QED) is 0.943. The Bertz CT molecular complexity index is 636. The minimum Gasteiger partial charge on any atom is -0.355 e. The molecule has 0 radical (unpaired) electrons. The van der Waals surface area contributed by atoms with Crippen LogP contribution in [0.15, 0.2) is 36.7 Å². The minimum absolute atomic E-state index is 0.278. The van der Waals surface area contributed by atoms with Crippen molar-refractivity contribution in [1.82, 2.24) is 9.97 Å². The number of nitrogens with zero attached hydrogens (tertiary/aromatic N) is 3. The van der Waals surface area contributed by atoms with E-state index in [0.29, 0.717) is 16.4 Å². The molecule has 1 aromatic heterocycles. The first-order valence-corrected chi connectivity index (χ1v) is 7.74. The van der Waals surface area contributed by atoms with Gasteiger partial charge in [0.2, 0.25) is 0 Å². The number of aromatic nitrogens is 2. The molecular formula is C16H17ClN4O. The lowest BCUT2D eigenvalue weighted by molar-refractivity contribution is 0.102. The number of halogens is 1. The zero-order valence-corrected chi connectivity index (χ0v) is 12.9. The summed E-state index contributed by atoms with van der Waals surface area (Å²) in [5, 5.41) is 3.40. The van der Waals surface area contributed by atoms with Crippen LogP contribution in [0.4, 0.5) is 11.5 Å². The number of carbonyl (C=O) groups excluding carboxylic acids is 1. The van der Waals surface area contributed by atoms with E-state index in [1.165, 1.54) is 25.5 Å². The molecule has 0 aliphatic carbocycles. The number of nitrogens with one attached hydrogen (secondary N) is 1. The van der Waals surface area contributed by atoms with Crippen LogP contribution in [-0.4, -0.2) is 29.0 Å². The number of amides is 1. The average Bonchev–Trinajstić information content (AvgIpc) is 2.58. The van der Waals surface area contributed by atoms with Gasteiger partial charge in [0.1, 0.15) is 11.5 Å². The molecule has 0 spiro atoms. The molecule has 114 valence electrons. The Morgan fingerprint density at radius 3 is 2.41 bits per heavy atom. The minimum atomic E-state index is -0.278. The third-order valence-electron chi connectivity index (χ3n) is 3.65. The molecule has 1 saturated heterocycles. The molecule has 0 bridgehead atoms. The smallest absolute Gasteiger partial charge is 0.275 e. The van der Waals surface area contributed by atoms with Crippen molar-refractivity contribution in [3.63, 3.8) is 0 Å². The normalized spacial score (nSPS) is 14.7. The third-order valence-corrected chi connectivity index (χ3v) is 3.90. The fourth-order valence-electron chi connectivity index (χ4n) is 2.45. The highest BCUT2D eigenvalue weighted by Crippen LogP contribution is 2.17. The number of hydrogen-bond donors (Lipinski definition) is 1. The van der Waals surface area contributed by atoms with Crippen LogP contribution < -0.4 is 10.2 Å². The maximum absolute atomic E-state index is 12.1. The Hall–Kier alpha value is -2.14. The van der Waals surface area contributed by atoms with E-state index in [4.69, 9.17) is 11.6 Å². The predicted molar refractivity (Wildman–Crippen MR) is 87.5 cm³/mol. The van der Waals surface area contributed by atoms with E-state index in [9.17, 15) is 4.79 Å². The maximum atomic E-state index is 12.1. The van der Waals surface area contributed by atoms with Gasteiger partial charge in [-0.2, -0.15) is 0 Å². The molecule has 1 amide bonds. The van der Waals surface area contributed by atoms with Crippen LogP contribution in [0.5, 0.6) is 0 Å². The summed E-state index contributed by atoms with van der Waals surface area (Å²) in [7, 11) is 0. The van der Waals surface area contributed by atoms with Crippen LogP contribution in [0.25, 0.3) is 0 Å². The van der Waals surface area contributed by atoms with E-state index < -0.39 is 0 Å². The number of piperidine rings is 1. The zero-order chi connectivity index (χ0) is 15.4. The lowest BCUT2D eigenvalue weighted by Crippen LogP contribution is -2.30. The largest absolute Gasteiger partial charge is 0.355 e. The molecule has 1 aliphatic heterocycles. The van der Waals surface area contributed by atoms with Gasteiger partial charge in [-0.05, 0) is 43.5 Å². The van der Waals surface area contributed by atoms with Crippen LogP contribution in [0.3, 0.4) is 0 Å². The highest BCUT2D eigenvalue weighted by molar-refractivity contribution is 6.30. The SMILES string of the molecule is O=C(Nc1ccc(Cl)cc1)c1cnc(N2CCCCC2)cn1. The zero-order valence-electron chi connectivity index (χ0n) is 12.1. The molecule has 6 heteroatoms. The van der Waals surface area contributed by atoms with Gasteiger partial charge in [0, 0.05) is 23.8 Å². The molecule has 22 heavy (non-hydrogen) atoms. The summed E-state index contributed by atoms with van der Waals surface area (Å²) in [6.45, 7) is 2.01. The second kappa shape index (κ2) is 6.75. The van der Waals surface area contributed by atoms with Crippen molar-refractivity contribution in [2.45, 2.75) is 19.3 Å². The van der Waals surface area contributed by atoms with Gasteiger partial charge in [-0.3, -0.25) is 4.79 Å². The topological polar surface area (TPSA) is 58.1 Å². The molecule has 3 rings (SSSR count). The van der Waals surface area contributed by atoms with E-state index in [1.807, 2.05) is 0 Å². The summed E-state index contributed by atoms with van der Waals surface area (Å²) in [6.07, 6.45) is 6.82. The Balaban J connectivity index is 1.66. The van der Waals surface area contributed by atoms with Crippen molar-refractivity contribution in [3.8, 4) is 0 Å². The second-order valence-electron chi connectivity index (χ2n) is 5.27. The van der Waals surface area contributed by atoms with Crippen LogP contribution in [0.2, 0.25) is 5.02 Å². The molecule has 2 heterocycles. The van der Waals surface area contributed by atoms with Crippen molar-refractivity contribution in [2.24, 2.45) is 0 Å². The number of hydrogen-bond acceptors (Lipinski definition) is 4. The average molecular weight is 317 g/mol. The maximum Gasteiger partial charge on any atom is 0.275 e. The van der Waals surface area contributed by atoms with E-state index in [1.54, 1.807) is 30.5 Å². The monoisotopic (exact) mass is 316 g/mol. The van der Waals surface area contributed by atoms with E-state index in [2.05, 4.69) is 20.2 Å². The van der Waals surface area contributed by atoms with Crippen LogP contribution in [0.1, 0.15) is 29.8 Å². The first-order chi connectivity index (χ1) is 10.7. The van der Waals surface area contributed by atoms with Gasteiger partial charge in [0.15, 0.2) is 0 Å². The van der Waals surface area contributed by atoms with Crippen LogP contribution >= 0.6 is 11.6 Å². The Labute approximate surface area is 134 Å². The lowest BCUT2D eigenvalue weighted by atomic mass is 10.1. The molecule has 0 atom stereocenters. The van der Waals surface area contributed by atoms with Gasteiger partial charge in [-0.1, -0.05) is 11.6 Å². The van der Waals surface area contributed by atoms with Crippen molar-refractivity contribution >= 4 is 29.0 Å². The molecular weight excluding hydrogens is 300 g/mol. The van der Waals surface area contributed by atoms with Crippen molar-refractivity contribution in [1.29, 1.82) is 0 Å². The summed E-state index contributed by atoms with van der Waals surface area (Å²) in [5.74, 6) is 0.558. The second-order valence-corrected chi connectivity index (χ2v) is 5.70. The number of benzene rings is 1. The molecule has 1 fully saturated rings. The first kappa shape index (κ1) is 14.8. The van der Waals surface area contributed by atoms with Gasteiger partial charge < -0.3 is 10.2 Å². The van der Waals surface area contributed by atoms with Crippen LogP contribution in [0, 0.1) is 0 Å². The summed E-state index contributed by atoms with van der Waals surface area (Å²) in [4.78, 5) is 22.9. The molecule has 1 N–H and O–H groups in total. The fourth-order valence-corrected chi connectivity index (χ4v) is 2.58. The summed E-state index contributed by atoms with van der Waals surface area (Å²) >= 11 is 5.82. The molecule has 0 saturated carbocycles. The molecule has 5 nitrogen and oxygen atoms in total. The summed E-state index contributed by atoms with van der Waals surface area (Å²) in [5.41, 5.74) is 0.979. The Kier molecular flexibility index (Phi) is 4.53. The number of rotatable bonds is 3. The van der Waals surface area contributed by atoms with Gasteiger partial charge in [-0.15, -0.1) is 0 Å². The highest BCUT2D eigenvalue weighted by atomic mass is 35.5. The molecule has 1 aliphatic rings. The number of anilines is 2. The third kappa shape index (κ3) is 3.54. The van der Waals surface area contributed by atoms with E-state index >= 15 is 0 Å². The lowest BCUT2D eigenvalue weighted by Gasteiger charge is -2.27. The molecule has 1 aromatic carbocycles. The number of carbonyl (C=O) groups is 1. The fraction of sp³-hybridized carbons (Fsp3) is 0.312. The van der Waals surface area contributed by atoms with Crippen molar-refractivity contribution < 1.29 is 4.79 Å². The predicted octanol–water partition coefficient (Wildman–Crippen LogP) is 3.37.